The zero-order valence-electron chi connectivity index (χ0n) is 10.9. The molecule has 3 rings (SSSR count). The summed E-state index contributed by atoms with van der Waals surface area (Å²) in [6.45, 7) is 2.16. The number of hydrogen-bond acceptors (Lipinski definition) is 4. The predicted molar refractivity (Wildman–Crippen MR) is 72.1 cm³/mol. The van der Waals surface area contributed by atoms with Crippen molar-refractivity contribution >= 4 is 17.0 Å². The van der Waals surface area contributed by atoms with Crippen LogP contribution >= 0.6 is 0 Å². The summed E-state index contributed by atoms with van der Waals surface area (Å²) >= 11 is 0. The SMILES string of the molecule is CCOC(=O)c1cnc2nc(C3CCC3)ccc2c1. The van der Waals surface area contributed by atoms with Crippen molar-refractivity contribution in [2.24, 2.45) is 0 Å². The van der Waals surface area contributed by atoms with Gasteiger partial charge in [0.05, 0.1) is 12.2 Å². The highest BCUT2D eigenvalue weighted by Crippen LogP contribution is 2.35. The van der Waals surface area contributed by atoms with Crippen LogP contribution in [0.1, 0.15) is 48.2 Å². The molecule has 1 saturated carbocycles. The molecule has 4 heteroatoms. The highest BCUT2D eigenvalue weighted by atomic mass is 16.5. The zero-order chi connectivity index (χ0) is 13.2. The molecule has 2 aromatic rings. The van der Waals surface area contributed by atoms with E-state index in [2.05, 4.69) is 9.97 Å². The zero-order valence-corrected chi connectivity index (χ0v) is 10.9. The molecule has 4 nitrogen and oxygen atoms in total. The Morgan fingerprint density at radius 1 is 1.42 bits per heavy atom. The third-order valence-electron chi connectivity index (χ3n) is 3.60. The monoisotopic (exact) mass is 256 g/mol. The molecule has 2 heterocycles. The van der Waals surface area contributed by atoms with Gasteiger partial charge in [0.25, 0.3) is 0 Å². The van der Waals surface area contributed by atoms with Crippen LogP contribution in [-0.4, -0.2) is 22.5 Å². The maximum absolute atomic E-state index is 11.6. The molecule has 0 atom stereocenters. The molecule has 1 fully saturated rings. The van der Waals surface area contributed by atoms with Crippen molar-refractivity contribution in [3.63, 3.8) is 0 Å². The van der Waals surface area contributed by atoms with E-state index in [4.69, 9.17) is 4.74 Å². The average Bonchev–Trinajstić information content (AvgIpc) is 2.36. The predicted octanol–water partition coefficient (Wildman–Crippen LogP) is 3.07. The molecule has 0 amide bonds. The molecule has 1 aliphatic carbocycles. The summed E-state index contributed by atoms with van der Waals surface area (Å²) in [4.78, 5) is 20.5. The first kappa shape index (κ1) is 12.1. The van der Waals surface area contributed by atoms with Gasteiger partial charge in [-0.2, -0.15) is 0 Å². The first-order valence-corrected chi connectivity index (χ1v) is 6.71. The minimum absolute atomic E-state index is 0.333. The number of esters is 1. The van der Waals surface area contributed by atoms with E-state index in [0.29, 0.717) is 23.7 Å². The van der Waals surface area contributed by atoms with E-state index in [1.54, 1.807) is 13.0 Å². The summed E-state index contributed by atoms with van der Waals surface area (Å²) in [7, 11) is 0. The Hall–Kier alpha value is -1.97. The van der Waals surface area contributed by atoms with Crippen molar-refractivity contribution in [1.29, 1.82) is 0 Å². The Morgan fingerprint density at radius 3 is 2.95 bits per heavy atom. The molecule has 0 radical (unpaired) electrons. The van der Waals surface area contributed by atoms with Crippen LogP contribution in [0.4, 0.5) is 0 Å². The van der Waals surface area contributed by atoms with Gasteiger partial charge in [0.15, 0.2) is 5.65 Å². The van der Waals surface area contributed by atoms with Crippen LogP contribution in [0.15, 0.2) is 24.4 Å². The quantitative estimate of drug-likeness (QED) is 0.792. The molecule has 1 aliphatic rings. The van der Waals surface area contributed by atoms with Gasteiger partial charge in [0, 0.05) is 23.2 Å². The Bertz CT molecular complexity index is 621. The summed E-state index contributed by atoms with van der Waals surface area (Å²) < 4.78 is 4.97. The average molecular weight is 256 g/mol. The van der Waals surface area contributed by atoms with E-state index >= 15 is 0 Å². The van der Waals surface area contributed by atoms with Crippen LogP contribution in [0.2, 0.25) is 0 Å². The molecular formula is C15H16N2O2. The molecule has 19 heavy (non-hydrogen) atoms. The molecule has 98 valence electrons. The van der Waals surface area contributed by atoms with Gasteiger partial charge >= 0.3 is 5.97 Å². The van der Waals surface area contributed by atoms with Crippen molar-refractivity contribution in [3.8, 4) is 0 Å². The minimum Gasteiger partial charge on any atom is -0.462 e. The van der Waals surface area contributed by atoms with E-state index in [1.807, 2.05) is 12.1 Å². The fraction of sp³-hybridized carbons (Fsp3) is 0.400. The van der Waals surface area contributed by atoms with Crippen LogP contribution in [-0.2, 0) is 4.74 Å². The molecule has 0 saturated heterocycles. The highest BCUT2D eigenvalue weighted by molar-refractivity contribution is 5.92. The number of ether oxygens (including phenoxy) is 1. The first-order valence-electron chi connectivity index (χ1n) is 6.71. The minimum atomic E-state index is -0.333. The molecule has 0 aliphatic heterocycles. The Labute approximate surface area is 111 Å². The van der Waals surface area contributed by atoms with E-state index in [9.17, 15) is 4.79 Å². The lowest BCUT2D eigenvalue weighted by Gasteiger charge is -2.24. The summed E-state index contributed by atoms with van der Waals surface area (Å²) in [5.74, 6) is 0.260. The molecule has 0 N–H and O–H groups in total. The Balaban J connectivity index is 1.93. The Kier molecular flexibility index (Phi) is 3.15. The molecule has 0 unspecified atom stereocenters. The third-order valence-corrected chi connectivity index (χ3v) is 3.60. The maximum atomic E-state index is 11.6. The smallest absolute Gasteiger partial charge is 0.339 e. The fourth-order valence-corrected chi connectivity index (χ4v) is 2.28. The summed E-state index contributed by atoms with van der Waals surface area (Å²) in [6.07, 6.45) is 5.27. The number of carbonyl (C=O) groups excluding carboxylic acids is 1. The van der Waals surface area contributed by atoms with Crippen LogP contribution in [0.25, 0.3) is 11.0 Å². The van der Waals surface area contributed by atoms with Gasteiger partial charge in [-0.25, -0.2) is 14.8 Å². The van der Waals surface area contributed by atoms with Gasteiger partial charge in [-0.15, -0.1) is 0 Å². The van der Waals surface area contributed by atoms with E-state index in [-0.39, 0.29) is 5.97 Å². The number of nitrogens with zero attached hydrogens (tertiary/aromatic N) is 2. The largest absolute Gasteiger partial charge is 0.462 e. The van der Waals surface area contributed by atoms with Crippen LogP contribution in [0.5, 0.6) is 0 Å². The van der Waals surface area contributed by atoms with Gasteiger partial charge in [-0.1, -0.05) is 6.42 Å². The van der Waals surface area contributed by atoms with Gasteiger partial charge in [-0.3, -0.25) is 0 Å². The van der Waals surface area contributed by atoms with Crippen molar-refractivity contribution in [2.45, 2.75) is 32.1 Å². The molecule has 0 bridgehead atoms. The third kappa shape index (κ3) is 2.30. The van der Waals surface area contributed by atoms with Crippen molar-refractivity contribution in [3.05, 3.63) is 35.7 Å². The Morgan fingerprint density at radius 2 is 2.26 bits per heavy atom. The van der Waals surface area contributed by atoms with Gasteiger partial charge in [-0.05, 0) is 38.0 Å². The van der Waals surface area contributed by atoms with E-state index in [1.165, 1.54) is 25.5 Å². The summed E-state index contributed by atoms with van der Waals surface area (Å²) in [6, 6.07) is 5.83. The topological polar surface area (TPSA) is 52.1 Å². The second-order valence-electron chi connectivity index (χ2n) is 4.86. The second kappa shape index (κ2) is 4.96. The van der Waals surface area contributed by atoms with E-state index < -0.39 is 0 Å². The number of carbonyl (C=O) groups is 1. The first-order chi connectivity index (χ1) is 9.28. The van der Waals surface area contributed by atoms with Crippen molar-refractivity contribution in [1.82, 2.24) is 9.97 Å². The fourth-order valence-electron chi connectivity index (χ4n) is 2.28. The normalized spacial score (nSPS) is 15.2. The highest BCUT2D eigenvalue weighted by Gasteiger charge is 2.21. The van der Waals surface area contributed by atoms with Gasteiger partial charge < -0.3 is 4.74 Å². The van der Waals surface area contributed by atoms with Crippen LogP contribution in [0, 0.1) is 0 Å². The number of aromatic nitrogens is 2. The number of hydrogen-bond donors (Lipinski definition) is 0. The number of rotatable bonds is 3. The van der Waals surface area contributed by atoms with Crippen LogP contribution in [0.3, 0.4) is 0 Å². The van der Waals surface area contributed by atoms with Gasteiger partial charge in [0.1, 0.15) is 0 Å². The summed E-state index contributed by atoms with van der Waals surface area (Å²) in [5, 5.41) is 0.883. The van der Waals surface area contributed by atoms with Crippen LogP contribution < -0.4 is 0 Å². The summed E-state index contributed by atoms with van der Waals surface area (Å²) in [5.41, 5.74) is 2.31. The standard InChI is InChI=1S/C15H16N2O2/c1-2-19-15(18)12-8-11-6-7-13(10-4-3-5-10)17-14(11)16-9-12/h6-10H,2-5H2,1H3. The van der Waals surface area contributed by atoms with E-state index in [0.717, 1.165) is 11.1 Å². The number of fused-ring (bicyclic) bond motifs is 1. The lowest BCUT2D eigenvalue weighted by atomic mass is 9.82. The maximum Gasteiger partial charge on any atom is 0.339 e. The lowest BCUT2D eigenvalue weighted by Crippen LogP contribution is -2.11. The second-order valence-corrected chi connectivity index (χ2v) is 4.86. The molecule has 0 aromatic carbocycles. The van der Waals surface area contributed by atoms with Gasteiger partial charge in [0.2, 0.25) is 0 Å². The number of pyridine rings is 2. The lowest BCUT2D eigenvalue weighted by molar-refractivity contribution is 0.0526. The molecule has 2 aromatic heterocycles. The van der Waals surface area contributed by atoms with Crippen molar-refractivity contribution < 1.29 is 9.53 Å². The van der Waals surface area contributed by atoms with Crippen molar-refractivity contribution in [2.75, 3.05) is 6.61 Å². The molecular weight excluding hydrogens is 240 g/mol. The molecule has 0 spiro atoms.